The maximum atomic E-state index is 12.3. The van der Waals surface area contributed by atoms with Crippen LogP contribution in [0.1, 0.15) is 23.2 Å². The van der Waals surface area contributed by atoms with Crippen LogP contribution in [-0.4, -0.2) is 41.5 Å². The van der Waals surface area contributed by atoms with Gasteiger partial charge in [0.15, 0.2) is 12.0 Å². The second kappa shape index (κ2) is 4.59. The molecule has 2 aliphatic heterocycles. The van der Waals surface area contributed by atoms with Crippen LogP contribution in [0.4, 0.5) is 0 Å². The molecular formula is C15H17N3O2. The van der Waals surface area contributed by atoms with Crippen molar-refractivity contribution < 1.29 is 9.21 Å². The first-order valence-electron chi connectivity index (χ1n) is 7.14. The third-order valence-corrected chi connectivity index (χ3v) is 4.39. The Morgan fingerprint density at radius 3 is 3.25 bits per heavy atom. The smallest absolute Gasteiger partial charge is 0.251 e. The molecule has 2 aromatic rings. The van der Waals surface area contributed by atoms with Gasteiger partial charge in [-0.05, 0) is 43.5 Å². The first-order chi connectivity index (χ1) is 9.78. The standard InChI is InChI=1S/C15H17N3O2/c19-15(11-1-2-14-13(6-11)16-9-20-14)17-12-5-10-3-4-18(7-10)8-12/h1-2,6,9-10,12H,3-5,7-8H2,(H,17,19)/t10-,12+/m0/s1. The van der Waals surface area contributed by atoms with E-state index in [2.05, 4.69) is 15.2 Å². The van der Waals surface area contributed by atoms with Gasteiger partial charge in [-0.2, -0.15) is 0 Å². The van der Waals surface area contributed by atoms with Gasteiger partial charge in [0.05, 0.1) is 0 Å². The number of aromatic nitrogens is 1. The molecule has 0 spiro atoms. The Morgan fingerprint density at radius 1 is 1.40 bits per heavy atom. The lowest BCUT2D eigenvalue weighted by molar-refractivity contribution is 0.0909. The number of amides is 1. The van der Waals surface area contributed by atoms with E-state index in [-0.39, 0.29) is 11.9 Å². The molecule has 5 nitrogen and oxygen atoms in total. The maximum absolute atomic E-state index is 12.3. The largest absolute Gasteiger partial charge is 0.443 e. The average Bonchev–Trinajstić information content (AvgIpc) is 3.04. The van der Waals surface area contributed by atoms with Crippen LogP contribution in [0.25, 0.3) is 11.1 Å². The summed E-state index contributed by atoms with van der Waals surface area (Å²) in [5.74, 6) is 0.745. The minimum Gasteiger partial charge on any atom is -0.443 e. The highest BCUT2D eigenvalue weighted by Gasteiger charge is 2.32. The molecule has 1 N–H and O–H groups in total. The predicted octanol–water partition coefficient (Wildman–Crippen LogP) is 1.65. The number of hydrogen-bond donors (Lipinski definition) is 1. The normalized spacial score (nSPS) is 28.7. The molecule has 2 fully saturated rings. The summed E-state index contributed by atoms with van der Waals surface area (Å²) in [6.45, 7) is 3.37. The number of carbonyl (C=O) groups is 1. The summed E-state index contributed by atoms with van der Waals surface area (Å²) in [4.78, 5) is 18.9. The molecule has 3 atom stereocenters. The summed E-state index contributed by atoms with van der Waals surface area (Å²) < 4.78 is 5.19. The first kappa shape index (κ1) is 11.9. The van der Waals surface area contributed by atoms with Crippen LogP contribution in [0.3, 0.4) is 0 Å². The Hall–Kier alpha value is -1.88. The summed E-state index contributed by atoms with van der Waals surface area (Å²) in [6, 6.07) is 5.65. The van der Waals surface area contributed by atoms with Gasteiger partial charge in [-0.25, -0.2) is 4.98 Å². The van der Waals surface area contributed by atoms with Crippen LogP contribution < -0.4 is 5.32 Å². The van der Waals surface area contributed by atoms with Gasteiger partial charge in [-0.3, -0.25) is 4.79 Å². The topological polar surface area (TPSA) is 58.4 Å². The zero-order valence-corrected chi connectivity index (χ0v) is 11.2. The summed E-state index contributed by atoms with van der Waals surface area (Å²) in [5, 5.41) is 3.15. The molecule has 1 aromatic carbocycles. The molecule has 0 aliphatic carbocycles. The molecule has 3 heterocycles. The number of piperidine rings is 1. The minimum absolute atomic E-state index is 0.0117. The van der Waals surface area contributed by atoms with Crippen molar-refractivity contribution in [2.75, 3.05) is 19.6 Å². The van der Waals surface area contributed by atoms with Crippen molar-refractivity contribution in [3.8, 4) is 0 Å². The number of nitrogens with zero attached hydrogens (tertiary/aromatic N) is 2. The van der Waals surface area contributed by atoms with Crippen molar-refractivity contribution >= 4 is 17.0 Å². The van der Waals surface area contributed by atoms with E-state index >= 15 is 0 Å². The molecule has 104 valence electrons. The lowest BCUT2D eigenvalue weighted by Gasteiger charge is -2.30. The van der Waals surface area contributed by atoms with Gasteiger partial charge >= 0.3 is 0 Å². The van der Waals surface area contributed by atoms with Gasteiger partial charge in [-0.15, -0.1) is 0 Å². The summed E-state index contributed by atoms with van der Waals surface area (Å²) >= 11 is 0. The van der Waals surface area contributed by atoms with E-state index in [0.717, 1.165) is 24.4 Å². The lowest BCUT2D eigenvalue weighted by atomic mass is 9.96. The van der Waals surface area contributed by atoms with Crippen LogP contribution >= 0.6 is 0 Å². The average molecular weight is 271 g/mol. The molecule has 1 aromatic heterocycles. The first-order valence-corrected chi connectivity index (χ1v) is 7.14. The Balaban J connectivity index is 1.49. The second-order valence-corrected chi connectivity index (χ2v) is 5.86. The minimum atomic E-state index is -0.0117. The van der Waals surface area contributed by atoms with Gasteiger partial charge in [-0.1, -0.05) is 0 Å². The number of benzene rings is 1. The molecule has 1 unspecified atom stereocenters. The Morgan fingerprint density at radius 2 is 2.35 bits per heavy atom. The van der Waals surface area contributed by atoms with E-state index in [4.69, 9.17) is 4.42 Å². The highest BCUT2D eigenvalue weighted by molar-refractivity contribution is 5.97. The van der Waals surface area contributed by atoms with Gasteiger partial charge in [0.25, 0.3) is 5.91 Å². The molecule has 1 amide bonds. The molecule has 2 aliphatic rings. The number of carbonyl (C=O) groups excluding carboxylic acids is 1. The second-order valence-electron chi connectivity index (χ2n) is 5.86. The highest BCUT2D eigenvalue weighted by Crippen LogP contribution is 2.27. The number of oxazole rings is 1. The monoisotopic (exact) mass is 271 g/mol. The van der Waals surface area contributed by atoms with Crippen molar-refractivity contribution in [2.45, 2.75) is 18.9 Å². The Kier molecular flexibility index (Phi) is 2.73. The zero-order chi connectivity index (χ0) is 13.5. The number of fused-ring (bicyclic) bond motifs is 3. The molecule has 0 radical (unpaired) electrons. The van der Waals surface area contributed by atoms with Gasteiger partial charge < -0.3 is 14.6 Å². The number of nitrogens with one attached hydrogen (secondary N) is 1. The fourth-order valence-electron chi connectivity index (χ4n) is 3.43. The molecule has 2 bridgehead atoms. The van der Waals surface area contributed by atoms with E-state index in [1.165, 1.54) is 25.9 Å². The molecule has 5 heteroatoms. The highest BCUT2D eigenvalue weighted by atomic mass is 16.3. The van der Waals surface area contributed by atoms with Crippen molar-refractivity contribution in [2.24, 2.45) is 5.92 Å². The third kappa shape index (κ3) is 2.08. The molecular weight excluding hydrogens is 254 g/mol. The van der Waals surface area contributed by atoms with Crippen molar-refractivity contribution in [3.63, 3.8) is 0 Å². The van der Waals surface area contributed by atoms with Crippen LogP contribution in [0.15, 0.2) is 29.0 Å². The maximum Gasteiger partial charge on any atom is 0.251 e. The van der Waals surface area contributed by atoms with Crippen LogP contribution in [0.5, 0.6) is 0 Å². The third-order valence-electron chi connectivity index (χ3n) is 4.39. The fourth-order valence-corrected chi connectivity index (χ4v) is 3.43. The van der Waals surface area contributed by atoms with Gasteiger partial charge in [0, 0.05) is 24.7 Å². The summed E-state index contributed by atoms with van der Waals surface area (Å²) in [6.07, 6.45) is 3.78. The Labute approximate surface area is 117 Å². The Bertz CT molecular complexity index is 639. The summed E-state index contributed by atoms with van der Waals surface area (Å²) in [7, 11) is 0. The summed E-state index contributed by atoms with van der Waals surface area (Å²) in [5.41, 5.74) is 2.09. The van der Waals surface area contributed by atoms with E-state index in [9.17, 15) is 4.79 Å². The number of rotatable bonds is 2. The van der Waals surface area contributed by atoms with Gasteiger partial charge in [0.1, 0.15) is 5.52 Å². The molecule has 2 saturated heterocycles. The van der Waals surface area contributed by atoms with Gasteiger partial charge in [0.2, 0.25) is 0 Å². The lowest BCUT2D eigenvalue weighted by Crippen LogP contribution is -2.47. The zero-order valence-electron chi connectivity index (χ0n) is 11.2. The SMILES string of the molecule is O=C(N[C@@H]1C[C@@H]2CCN(C2)C1)c1ccc2ocnc2c1. The fraction of sp³-hybridized carbons (Fsp3) is 0.467. The quantitative estimate of drug-likeness (QED) is 0.902. The van der Waals surface area contributed by atoms with Crippen LogP contribution in [0.2, 0.25) is 0 Å². The van der Waals surface area contributed by atoms with Crippen LogP contribution in [-0.2, 0) is 0 Å². The number of hydrogen-bond acceptors (Lipinski definition) is 4. The van der Waals surface area contributed by atoms with Crippen LogP contribution in [0, 0.1) is 5.92 Å². The van der Waals surface area contributed by atoms with E-state index in [1.807, 2.05) is 0 Å². The van der Waals surface area contributed by atoms with E-state index < -0.39 is 0 Å². The molecule has 0 saturated carbocycles. The van der Waals surface area contributed by atoms with Crippen molar-refractivity contribution in [1.82, 2.24) is 15.2 Å². The van der Waals surface area contributed by atoms with Crippen molar-refractivity contribution in [1.29, 1.82) is 0 Å². The van der Waals surface area contributed by atoms with E-state index in [1.54, 1.807) is 18.2 Å². The van der Waals surface area contributed by atoms with Crippen molar-refractivity contribution in [3.05, 3.63) is 30.2 Å². The predicted molar refractivity (Wildman–Crippen MR) is 74.4 cm³/mol. The molecule has 4 rings (SSSR count). The van der Waals surface area contributed by atoms with E-state index in [0.29, 0.717) is 11.1 Å². The molecule has 20 heavy (non-hydrogen) atoms.